The Kier molecular flexibility index (Phi) is 5.43. The van der Waals surface area contributed by atoms with Gasteiger partial charge >= 0.3 is 0 Å². The third-order valence-electron chi connectivity index (χ3n) is 3.22. The fourth-order valence-electron chi connectivity index (χ4n) is 2.20. The standard InChI is InChI=1S/C14H19ClN2O2S/c1-3-20(18)10-9-17-11-5-4-6-12(19-2)14(11)16-13(17)7-8-15/h4-6H,3,7-10H2,1-2H3. The molecule has 0 aliphatic heterocycles. The number of aryl methyl sites for hydroxylation is 2. The second-order valence-corrected chi connectivity index (χ2v) is 6.62. The fourth-order valence-corrected chi connectivity index (χ4v) is 3.04. The van der Waals surface area contributed by atoms with Gasteiger partial charge in [0.05, 0.1) is 12.6 Å². The van der Waals surface area contributed by atoms with E-state index < -0.39 is 10.8 Å². The maximum absolute atomic E-state index is 11.7. The molecule has 0 saturated heterocycles. The molecule has 0 aliphatic rings. The SMILES string of the molecule is CCS(=O)CCn1c(CCCl)nc2c(OC)cccc21. The van der Waals surface area contributed by atoms with E-state index in [0.29, 0.717) is 30.4 Å². The number of benzene rings is 1. The molecule has 1 atom stereocenters. The summed E-state index contributed by atoms with van der Waals surface area (Å²) in [4.78, 5) is 4.63. The number of imidazole rings is 1. The van der Waals surface area contributed by atoms with Crippen LogP contribution in [0.5, 0.6) is 5.75 Å². The lowest BCUT2D eigenvalue weighted by Crippen LogP contribution is -2.12. The van der Waals surface area contributed by atoms with Crippen LogP contribution in [0, 0.1) is 0 Å². The van der Waals surface area contributed by atoms with Gasteiger partial charge < -0.3 is 9.30 Å². The Bertz CT molecular complexity index is 612. The number of para-hydroxylation sites is 1. The van der Waals surface area contributed by atoms with Gasteiger partial charge in [0.1, 0.15) is 17.1 Å². The van der Waals surface area contributed by atoms with Crippen molar-refractivity contribution in [2.24, 2.45) is 0 Å². The lowest BCUT2D eigenvalue weighted by molar-refractivity contribution is 0.419. The van der Waals surface area contributed by atoms with Crippen LogP contribution in [0.2, 0.25) is 0 Å². The maximum atomic E-state index is 11.7. The van der Waals surface area contributed by atoms with E-state index in [1.54, 1.807) is 7.11 Å². The summed E-state index contributed by atoms with van der Waals surface area (Å²) in [5.74, 6) is 3.51. The van der Waals surface area contributed by atoms with Crippen molar-refractivity contribution in [1.82, 2.24) is 9.55 Å². The van der Waals surface area contributed by atoms with Crippen molar-refractivity contribution >= 4 is 33.4 Å². The molecule has 0 amide bonds. The van der Waals surface area contributed by atoms with Crippen LogP contribution >= 0.6 is 11.6 Å². The zero-order valence-electron chi connectivity index (χ0n) is 11.8. The molecule has 0 saturated carbocycles. The molecule has 0 radical (unpaired) electrons. The number of fused-ring (bicyclic) bond motifs is 1. The molecule has 110 valence electrons. The first-order valence-corrected chi connectivity index (χ1v) is 8.66. The Morgan fingerprint density at radius 2 is 2.25 bits per heavy atom. The highest BCUT2D eigenvalue weighted by Gasteiger charge is 2.14. The largest absolute Gasteiger partial charge is 0.494 e. The van der Waals surface area contributed by atoms with Gasteiger partial charge in [-0.3, -0.25) is 4.21 Å². The van der Waals surface area contributed by atoms with Crippen molar-refractivity contribution < 1.29 is 8.95 Å². The van der Waals surface area contributed by atoms with E-state index in [2.05, 4.69) is 9.55 Å². The summed E-state index contributed by atoms with van der Waals surface area (Å²) in [5, 5.41) is 0. The number of alkyl halides is 1. The van der Waals surface area contributed by atoms with Gasteiger partial charge in [-0.15, -0.1) is 11.6 Å². The molecule has 2 rings (SSSR count). The van der Waals surface area contributed by atoms with Gasteiger partial charge in [-0.2, -0.15) is 0 Å². The monoisotopic (exact) mass is 314 g/mol. The molecule has 6 heteroatoms. The van der Waals surface area contributed by atoms with Crippen LogP contribution in [-0.2, 0) is 23.8 Å². The molecule has 1 aromatic heterocycles. The van der Waals surface area contributed by atoms with Crippen molar-refractivity contribution in [2.45, 2.75) is 19.9 Å². The normalized spacial score (nSPS) is 12.8. The Morgan fingerprint density at radius 3 is 2.90 bits per heavy atom. The number of halogens is 1. The summed E-state index contributed by atoms with van der Waals surface area (Å²) in [6.07, 6.45) is 0.693. The van der Waals surface area contributed by atoms with Crippen molar-refractivity contribution in [3.8, 4) is 5.75 Å². The van der Waals surface area contributed by atoms with Crippen molar-refractivity contribution in [1.29, 1.82) is 0 Å². The number of hydrogen-bond acceptors (Lipinski definition) is 3. The van der Waals surface area contributed by atoms with Gasteiger partial charge in [0, 0.05) is 41.2 Å². The van der Waals surface area contributed by atoms with Gasteiger partial charge in [0.15, 0.2) is 0 Å². The van der Waals surface area contributed by atoms with Crippen LogP contribution in [0.15, 0.2) is 18.2 Å². The minimum absolute atomic E-state index is 0.516. The lowest BCUT2D eigenvalue weighted by atomic mass is 10.3. The number of methoxy groups -OCH3 is 1. The first-order chi connectivity index (χ1) is 9.71. The molecule has 1 aromatic carbocycles. The molecular weight excluding hydrogens is 296 g/mol. The summed E-state index contributed by atoms with van der Waals surface area (Å²) in [6, 6.07) is 5.85. The number of ether oxygens (including phenoxy) is 1. The van der Waals surface area contributed by atoms with Crippen molar-refractivity contribution in [2.75, 3.05) is 24.5 Å². The van der Waals surface area contributed by atoms with Gasteiger partial charge in [-0.1, -0.05) is 13.0 Å². The number of aromatic nitrogens is 2. The zero-order chi connectivity index (χ0) is 14.5. The smallest absolute Gasteiger partial charge is 0.146 e. The maximum Gasteiger partial charge on any atom is 0.146 e. The molecule has 1 unspecified atom stereocenters. The summed E-state index contributed by atoms with van der Waals surface area (Å²) in [6.45, 7) is 2.63. The van der Waals surface area contributed by atoms with Crippen LogP contribution in [0.4, 0.5) is 0 Å². The highest BCUT2D eigenvalue weighted by molar-refractivity contribution is 7.84. The van der Waals surface area contributed by atoms with Crippen molar-refractivity contribution in [3.05, 3.63) is 24.0 Å². The number of nitrogens with zero attached hydrogens (tertiary/aromatic N) is 2. The first kappa shape index (κ1) is 15.3. The van der Waals surface area contributed by atoms with E-state index in [1.807, 2.05) is 25.1 Å². The molecule has 2 aromatic rings. The van der Waals surface area contributed by atoms with Crippen LogP contribution in [-0.4, -0.2) is 38.3 Å². The number of hydrogen-bond donors (Lipinski definition) is 0. The third kappa shape index (κ3) is 3.15. The van der Waals surface area contributed by atoms with Crippen LogP contribution in [0.3, 0.4) is 0 Å². The summed E-state index contributed by atoms with van der Waals surface area (Å²) >= 11 is 5.85. The molecule has 0 aliphatic carbocycles. The van der Waals surface area contributed by atoms with E-state index in [-0.39, 0.29) is 0 Å². The molecule has 1 heterocycles. The van der Waals surface area contributed by atoms with Crippen LogP contribution in [0.1, 0.15) is 12.7 Å². The first-order valence-electron chi connectivity index (χ1n) is 6.64. The minimum atomic E-state index is -0.787. The second kappa shape index (κ2) is 7.09. The molecule has 0 N–H and O–H groups in total. The molecule has 0 spiro atoms. The second-order valence-electron chi connectivity index (χ2n) is 4.38. The predicted molar refractivity (Wildman–Crippen MR) is 84.3 cm³/mol. The average Bonchev–Trinajstić information content (AvgIpc) is 2.82. The molecule has 0 fully saturated rings. The van der Waals surface area contributed by atoms with E-state index >= 15 is 0 Å². The zero-order valence-corrected chi connectivity index (χ0v) is 13.3. The quantitative estimate of drug-likeness (QED) is 0.738. The van der Waals surface area contributed by atoms with Crippen LogP contribution in [0.25, 0.3) is 11.0 Å². The Hall–Kier alpha value is -1.07. The Morgan fingerprint density at radius 1 is 1.45 bits per heavy atom. The van der Waals surface area contributed by atoms with Crippen LogP contribution < -0.4 is 4.74 Å². The molecular formula is C14H19ClN2O2S. The van der Waals surface area contributed by atoms with E-state index in [9.17, 15) is 4.21 Å². The van der Waals surface area contributed by atoms with E-state index in [4.69, 9.17) is 16.3 Å². The topological polar surface area (TPSA) is 44.1 Å². The van der Waals surface area contributed by atoms with E-state index in [1.165, 1.54) is 0 Å². The van der Waals surface area contributed by atoms with E-state index in [0.717, 1.165) is 22.6 Å². The molecule has 4 nitrogen and oxygen atoms in total. The van der Waals surface area contributed by atoms with Gasteiger partial charge in [0.2, 0.25) is 0 Å². The Labute approximate surface area is 126 Å². The Balaban J connectivity index is 2.43. The van der Waals surface area contributed by atoms with Gasteiger partial charge in [-0.05, 0) is 12.1 Å². The highest BCUT2D eigenvalue weighted by Crippen LogP contribution is 2.26. The fraction of sp³-hybridized carbons (Fsp3) is 0.500. The number of rotatable bonds is 7. The minimum Gasteiger partial charge on any atom is -0.494 e. The van der Waals surface area contributed by atoms with Crippen molar-refractivity contribution in [3.63, 3.8) is 0 Å². The molecule has 0 bridgehead atoms. The predicted octanol–water partition coefficient (Wildman–Crippen LogP) is 2.59. The third-order valence-corrected chi connectivity index (χ3v) is 4.69. The highest BCUT2D eigenvalue weighted by atomic mass is 35.5. The lowest BCUT2D eigenvalue weighted by Gasteiger charge is -2.08. The molecule has 20 heavy (non-hydrogen) atoms. The summed E-state index contributed by atoms with van der Waals surface area (Å²) in [7, 11) is 0.853. The van der Waals surface area contributed by atoms with Gasteiger partial charge in [-0.25, -0.2) is 4.98 Å². The van der Waals surface area contributed by atoms with Gasteiger partial charge in [0.25, 0.3) is 0 Å². The average molecular weight is 315 g/mol. The summed E-state index contributed by atoms with van der Waals surface area (Å²) < 4.78 is 19.1. The summed E-state index contributed by atoms with van der Waals surface area (Å²) in [5.41, 5.74) is 1.86.